The molecule has 2 aromatic heterocycles. The van der Waals surface area contributed by atoms with Gasteiger partial charge >= 0.3 is 0 Å². The van der Waals surface area contributed by atoms with Crippen molar-refractivity contribution in [2.24, 2.45) is 5.84 Å². The molecule has 0 saturated carbocycles. The zero-order valence-electron chi connectivity index (χ0n) is 11.3. The monoisotopic (exact) mass is 287 g/mol. The lowest BCUT2D eigenvalue weighted by Crippen LogP contribution is -2.29. The second kappa shape index (κ2) is 5.47. The Kier molecular flexibility index (Phi) is 3.51. The minimum atomic E-state index is -0.461. The van der Waals surface area contributed by atoms with E-state index in [1.807, 2.05) is 0 Å². The molecule has 0 spiro atoms. The smallest absolute Gasteiger partial charge is 0.124 e. The Balaban J connectivity index is 2.16. The first-order valence-corrected chi connectivity index (χ1v) is 6.31. The lowest BCUT2D eigenvalue weighted by molar-refractivity contribution is 0.403. The third-order valence-electron chi connectivity index (χ3n) is 3.33. The summed E-state index contributed by atoms with van der Waals surface area (Å²) in [5.74, 6) is 5.86. The molecular weight excluding hydrogens is 273 g/mol. The van der Waals surface area contributed by atoms with E-state index in [-0.39, 0.29) is 5.82 Å². The van der Waals surface area contributed by atoms with Crippen LogP contribution in [0.2, 0.25) is 0 Å². The molecule has 2 heterocycles. The Hall–Kier alpha value is -2.51. The van der Waals surface area contributed by atoms with Crippen molar-refractivity contribution in [2.45, 2.75) is 6.04 Å². The van der Waals surface area contributed by atoms with Gasteiger partial charge in [0.15, 0.2) is 0 Å². The second-order valence-corrected chi connectivity index (χ2v) is 4.49. The number of aromatic nitrogens is 3. The molecule has 0 aliphatic carbocycles. The third kappa shape index (κ3) is 2.32. The van der Waals surface area contributed by atoms with Gasteiger partial charge in [0, 0.05) is 23.5 Å². The number of halogens is 1. The van der Waals surface area contributed by atoms with Crippen LogP contribution in [0, 0.1) is 5.82 Å². The summed E-state index contributed by atoms with van der Waals surface area (Å²) >= 11 is 0. The van der Waals surface area contributed by atoms with Crippen molar-refractivity contribution in [3.8, 4) is 5.75 Å². The van der Waals surface area contributed by atoms with Crippen molar-refractivity contribution in [1.29, 1.82) is 0 Å². The van der Waals surface area contributed by atoms with E-state index in [0.717, 1.165) is 11.1 Å². The van der Waals surface area contributed by atoms with Crippen molar-refractivity contribution in [3.63, 3.8) is 0 Å². The number of nitrogens with two attached hydrogens (primary N) is 1. The molecule has 0 aliphatic heterocycles. The van der Waals surface area contributed by atoms with E-state index in [9.17, 15) is 4.39 Å². The highest BCUT2D eigenvalue weighted by Gasteiger charge is 2.21. The van der Waals surface area contributed by atoms with Crippen LogP contribution in [0.4, 0.5) is 4.39 Å². The van der Waals surface area contributed by atoms with Crippen molar-refractivity contribution in [3.05, 3.63) is 59.9 Å². The molecule has 3 rings (SSSR count). The number of fused-ring (bicyclic) bond motifs is 1. The SMILES string of the molecule is COc1ccc(F)cc1C(NN)c1cnn2ccncc12. The number of nitrogens with one attached hydrogen (secondary N) is 1. The molecule has 1 aromatic carbocycles. The molecule has 0 amide bonds. The summed E-state index contributed by atoms with van der Waals surface area (Å²) in [7, 11) is 1.53. The average Bonchev–Trinajstić information content (AvgIpc) is 2.93. The van der Waals surface area contributed by atoms with Gasteiger partial charge in [-0.15, -0.1) is 0 Å². The molecule has 108 valence electrons. The van der Waals surface area contributed by atoms with Gasteiger partial charge in [0.2, 0.25) is 0 Å². The normalized spacial score (nSPS) is 12.5. The fourth-order valence-electron chi connectivity index (χ4n) is 2.35. The highest BCUT2D eigenvalue weighted by molar-refractivity contribution is 5.57. The second-order valence-electron chi connectivity index (χ2n) is 4.49. The average molecular weight is 287 g/mol. The summed E-state index contributed by atoms with van der Waals surface area (Å²) in [6.07, 6.45) is 6.72. The van der Waals surface area contributed by atoms with E-state index < -0.39 is 6.04 Å². The van der Waals surface area contributed by atoms with Gasteiger partial charge in [-0.2, -0.15) is 5.10 Å². The van der Waals surface area contributed by atoms with Gasteiger partial charge in [-0.3, -0.25) is 10.8 Å². The number of hydrazine groups is 1. The van der Waals surface area contributed by atoms with E-state index in [4.69, 9.17) is 10.6 Å². The first kappa shape index (κ1) is 13.5. The van der Waals surface area contributed by atoms with E-state index in [2.05, 4.69) is 15.5 Å². The lowest BCUT2D eigenvalue weighted by atomic mass is 9.99. The molecule has 0 saturated heterocycles. The molecule has 6 nitrogen and oxygen atoms in total. The maximum atomic E-state index is 13.6. The predicted octanol–water partition coefficient (Wildman–Crippen LogP) is 1.43. The van der Waals surface area contributed by atoms with Crippen LogP contribution in [0.25, 0.3) is 5.52 Å². The van der Waals surface area contributed by atoms with Gasteiger partial charge in [0.25, 0.3) is 0 Å². The topological polar surface area (TPSA) is 77.5 Å². The minimum absolute atomic E-state index is 0.361. The van der Waals surface area contributed by atoms with Crippen molar-refractivity contribution in [1.82, 2.24) is 20.0 Å². The van der Waals surface area contributed by atoms with Crippen LogP contribution >= 0.6 is 0 Å². The van der Waals surface area contributed by atoms with E-state index >= 15 is 0 Å². The van der Waals surface area contributed by atoms with Crippen molar-refractivity contribution in [2.75, 3.05) is 7.11 Å². The molecule has 7 heteroatoms. The zero-order valence-corrected chi connectivity index (χ0v) is 11.3. The fourth-order valence-corrected chi connectivity index (χ4v) is 2.35. The highest BCUT2D eigenvalue weighted by atomic mass is 19.1. The summed E-state index contributed by atoms with van der Waals surface area (Å²) in [5, 5.41) is 4.24. The van der Waals surface area contributed by atoms with Gasteiger partial charge < -0.3 is 4.74 Å². The summed E-state index contributed by atoms with van der Waals surface area (Å²) in [4.78, 5) is 4.08. The predicted molar refractivity (Wildman–Crippen MR) is 75.1 cm³/mol. The van der Waals surface area contributed by atoms with Gasteiger partial charge in [0.1, 0.15) is 11.6 Å². The number of benzene rings is 1. The Bertz CT molecular complexity index is 773. The van der Waals surface area contributed by atoms with Crippen LogP contribution in [0.15, 0.2) is 43.0 Å². The van der Waals surface area contributed by atoms with Crippen molar-refractivity contribution >= 4 is 5.52 Å². The largest absolute Gasteiger partial charge is 0.496 e. The maximum absolute atomic E-state index is 13.6. The van der Waals surface area contributed by atoms with Gasteiger partial charge in [-0.25, -0.2) is 14.3 Å². The summed E-state index contributed by atoms with van der Waals surface area (Å²) in [6, 6.07) is 3.84. The molecule has 21 heavy (non-hydrogen) atoms. The summed E-state index contributed by atoms with van der Waals surface area (Å²) in [6.45, 7) is 0. The summed E-state index contributed by atoms with van der Waals surface area (Å²) in [5.41, 5.74) is 4.85. The van der Waals surface area contributed by atoms with Crippen LogP contribution in [-0.4, -0.2) is 21.7 Å². The molecule has 1 unspecified atom stereocenters. The fraction of sp³-hybridized carbons (Fsp3) is 0.143. The number of rotatable bonds is 4. The standard InChI is InChI=1S/C14H14FN5O/c1-21-13-3-2-9(15)6-10(13)14(19-16)11-7-18-20-5-4-17-8-12(11)20/h2-8,14,19H,16H2,1H3. The zero-order chi connectivity index (χ0) is 14.8. The Morgan fingerprint density at radius 3 is 2.95 bits per heavy atom. The third-order valence-corrected chi connectivity index (χ3v) is 3.33. The molecular formula is C14H14FN5O. The number of hydrogen-bond acceptors (Lipinski definition) is 5. The molecule has 3 aromatic rings. The molecule has 0 radical (unpaired) electrons. The number of methoxy groups -OCH3 is 1. The first-order chi connectivity index (χ1) is 10.2. The number of nitrogens with zero attached hydrogens (tertiary/aromatic N) is 3. The lowest BCUT2D eigenvalue weighted by Gasteiger charge is -2.18. The quantitative estimate of drug-likeness (QED) is 0.560. The number of ether oxygens (including phenoxy) is 1. The van der Waals surface area contributed by atoms with Gasteiger partial charge in [0.05, 0.1) is 31.1 Å². The van der Waals surface area contributed by atoms with Crippen LogP contribution < -0.4 is 16.0 Å². The molecule has 0 bridgehead atoms. The highest BCUT2D eigenvalue weighted by Crippen LogP contribution is 2.31. The molecule has 0 fully saturated rings. The molecule has 1 atom stereocenters. The Morgan fingerprint density at radius 1 is 1.33 bits per heavy atom. The number of hydrogen-bond donors (Lipinski definition) is 2. The van der Waals surface area contributed by atoms with E-state index in [0.29, 0.717) is 11.3 Å². The van der Waals surface area contributed by atoms with Gasteiger partial charge in [-0.1, -0.05) is 0 Å². The molecule has 3 N–H and O–H groups in total. The van der Waals surface area contributed by atoms with Crippen LogP contribution in [-0.2, 0) is 0 Å². The van der Waals surface area contributed by atoms with Crippen LogP contribution in [0.3, 0.4) is 0 Å². The maximum Gasteiger partial charge on any atom is 0.124 e. The Labute approximate surface area is 120 Å². The van der Waals surface area contributed by atoms with E-state index in [1.54, 1.807) is 35.4 Å². The van der Waals surface area contributed by atoms with Gasteiger partial charge in [-0.05, 0) is 18.2 Å². The molecule has 0 aliphatic rings. The van der Waals surface area contributed by atoms with Crippen LogP contribution in [0.5, 0.6) is 5.75 Å². The van der Waals surface area contributed by atoms with Crippen LogP contribution in [0.1, 0.15) is 17.2 Å². The van der Waals surface area contributed by atoms with E-state index in [1.165, 1.54) is 19.2 Å². The minimum Gasteiger partial charge on any atom is -0.496 e. The summed E-state index contributed by atoms with van der Waals surface area (Å²) < 4.78 is 20.5. The first-order valence-electron chi connectivity index (χ1n) is 6.31. The van der Waals surface area contributed by atoms with Crippen molar-refractivity contribution < 1.29 is 9.13 Å². The Morgan fingerprint density at radius 2 is 2.19 bits per heavy atom.